The zero-order valence-electron chi connectivity index (χ0n) is 15.8. The summed E-state index contributed by atoms with van der Waals surface area (Å²) in [5.41, 5.74) is 4.48. The highest BCUT2D eigenvalue weighted by Crippen LogP contribution is 2.63. The van der Waals surface area contributed by atoms with Gasteiger partial charge in [0.25, 0.3) is 0 Å². The van der Waals surface area contributed by atoms with Gasteiger partial charge < -0.3 is 14.6 Å². The Balaban J connectivity index is 1.48. The SMILES string of the molecule is CC[C@]1(O)CC[C@H]2[C@@H]3CCC4=C(CCC5(C4)OCCO5)C3=CC[C@@]21C. The maximum Gasteiger partial charge on any atom is 0.172 e. The number of fused-ring (bicyclic) bond motifs is 4. The minimum Gasteiger partial charge on any atom is -0.389 e. The minimum atomic E-state index is -0.462. The van der Waals surface area contributed by atoms with E-state index in [0.29, 0.717) is 11.8 Å². The molecule has 0 aromatic carbocycles. The number of aliphatic hydroxyl groups is 1. The second kappa shape index (κ2) is 5.43. The summed E-state index contributed by atoms with van der Waals surface area (Å²) >= 11 is 0. The molecule has 0 aromatic rings. The third-order valence-corrected chi connectivity index (χ3v) is 8.55. The van der Waals surface area contributed by atoms with Crippen molar-refractivity contribution in [2.24, 2.45) is 17.3 Å². The van der Waals surface area contributed by atoms with Gasteiger partial charge in [-0.2, -0.15) is 0 Å². The van der Waals surface area contributed by atoms with Gasteiger partial charge in [0.2, 0.25) is 0 Å². The van der Waals surface area contributed by atoms with Crippen molar-refractivity contribution in [3.8, 4) is 0 Å². The van der Waals surface area contributed by atoms with Gasteiger partial charge in [-0.05, 0) is 67.9 Å². The Morgan fingerprint density at radius 1 is 1.16 bits per heavy atom. The summed E-state index contributed by atoms with van der Waals surface area (Å²) in [5, 5.41) is 11.2. The lowest BCUT2D eigenvalue weighted by Gasteiger charge is -2.51. The van der Waals surface area contributed by atoms with E-state index in [-0.39, 0.29) is 11.2 Å². The smallest absolute Gasteiger partial charge is 0.172 e. The van der Waals surface area contributed by atoms with Crippen LogP contribution in [0.3, 0.4) is 0 Å². The first kappa shape index (κ1) is 16.5. The molecular formula is C22H32O3. The lowest BCUT2D eigenvalue weighted by molar-refractivity contribution is -0.164. The van der Waals surface area contributed by atoms with Crippen molar-refractivity contribution in [3.05, 3.63) is 22.8 Å². The van der Waals surface area contributed by atoms with Crippen LogP contribution in [0.15, 0.2) is 22.8 Å². The Kier molecular flexibility index (Phi) is 3.59. The monoisotopic (exact) mass is 344 g/mol. The molecule has 4 atom stereocenters. The molecule has 5 rings (SSSR count). The van der Waals surface area contributed by atoms with Gasteiger partial charge in [-0.25, -0.2) is 0 Å². The van der Waals surface area contributed by atoms with Crippen LogP contribution in [-0.4, -0.2) is 29.7 Å². The number of ether oxygens (including phenoxy) is 2. The molecule has 1 N–H and O–H groups in total. The molecule has 1 spiro atoms. The first-order chi connectivity index (χ1) is 12.0. The fraction of sp³-hybridized carbons (Fsp3) is 0.818. The van der Waals surface area contributed by atoms with Gasteiger partial charge in [0.15, 0.2) is 5.79 Å². The second-order valence-corrected chi connectivity index (χ2v) is 9.32. The molecule has 0 unspecified atom stereocenters. The van der Waals surface area contributed by atoms with Crippen molar-refractivity contribution in [2.75, 3.05) is 13.2 Å². The zero-order valence-corrected chi connectivity index (χ0v) is 15.8. The molecule has 3 heteroatoms. The van der Waals surface area contributed by atoms with Gasteiger partial charge in [-0.15, -0.1) is 0 Å². The average Bonchev–Trinajstić information content (AvgIpc) is 3.18. The summed E-state index contributed by atoms with van der Waals surface area (Å²) in [6.07, 6.45) is 12.2. The van der Waals surface area contributed by atoms with Crippen molar-refractivity contribution >= 4 is 0 Å². The van der Waals surface area contributed by atoms with Crippen LogP contribution in [0.1, 0.15) is 71.6 Å². The van der Waals surface area contributed by atoms with E-state index in [1.165, 1.54) is 19.3 Å². The van der Waals surface area contributed by atoms with Crippen LogP contribution in [0.2, 0.25) is 0 Å². The molecule has 0 aromatic heterocycles. The quantitative estimate of drug-likeness (QED) is 0.761. The summed E-state index contributed by atoms with van der Waals surface area (Å²) in [5.74, 6) is 1.02. The van der Waals surface area contributed by atoms with Crippen LogP contribution in [0.25, 0.3) is 0 Å². The second-order valence-electron chi connectivity index (χ2n) is 9.32. The molecule has 1 aliphatic heterocycles. The number of hydrogen-bond acceptors (Lipinski definition) is 3. The number of allylic oxidation sites excluding steroid dienone is 3. The van der Waals surface area contributed by atoms with E-state index in [0.717, 1.165) is 51.7 Å². The van der Waals surface area contributed by atoms with Crippen molar-refractivity contribution in [1.29, 1.82) is 0 Å². The summed E-state index contributed by atoms with van der Waals surface area (Å²) in [6.45, 7) is 6.03. The highest BCUT2D eigenvalue weighted by Gasteiger charge is 2.59. The summed E-state index contributed by atoms with van der Waals surface area (Å²) < 4.78 is 12.0. The van der Waals surface area contributed by atoms with E-state index in [9.17, 15) is 5.11 Å². The molecule has 2 fully saturated rings. The Hall–Kier alpha value is -0.640. The largest absolute Gasteiger partial charge is 0.389 e. The molecule has 4 aliphatic carbocycles. The van der Waals surface area contributed by atoms with Gasteiger partial charge >= 0.3 is 0 Å². The summed E-state index contributed by atoms with van der Waals surface area (Å²) in [6, 6.07) is 0. The molecule has 5 aliphatic rings. The summed E-state index contributed by atoms with van der Waals surface area (Å²) in [7, 11) is 0. The van der Waals surface area contributed by atoms with Gasteiger partial charge in [0, 0.05) is 18.3 Å². The van der Waals surface area contributed by atoms with E-state index < -0.39 is 5.60 Å². The van der Waals surface area contributed by atoms with E-state index in [1.807, 2.05) is 0 Å². The molecule has 1 saturated carbocycles. The standard InChI is InChI=1S/C22H32O3/c1-3-21(23)10-8-19-18-5-4-15-14-22(24-12-13-25-22)11-7-16(15)17(18)6-9-20(19,21)2/h6,18-19,23H,3-5,7-14H2,1-2H3/t18-,19+,20+,21+/m1/s1. The maximum absolute atomic E-state index is 11.2. The minimum absolute atomic E-state index is 0.0710. The van der Waals surface area contributed by atoms with Crippen molar-refractivity contribution < 1.29 is 14.6 Å². The van der Waals surface area contributed by atoms with Crippen LogP contribution in [0, 0.1) is 17.3 Å². The Morgan fingerprint density at radius 3 is 2.72 bits per heavy atom. The van der Waals surface area contributed by atoms with Crippen molar-refractivity contribution in [3.63, 3.8) is 0 Å². The lowest BCUT2D eigenvalue weighted by Crippen LogP contribution is -2.48. The molecule has 1 heterocycles. The van der Waals surface area contributed by atoms with Gasteiger partial charge in [0.1, 0.15) is 0 Å². The fourth-order valence-corrected chi connectivity index (χ4v) is 6.98. The first-order valence-electron chi connectivity index (χ1n) is 10.4. The Morgan fingerprint density at radius 2 is 1.96 bits per heavy atom. The Labute approximate surface area is 151 Å². The first-order valence-corrected chi connectivity index (χ1v) is 10.4. The molecule has 0 bridgehead atoms. The molecular weight excluding hydrogens is 312 g/mol. The predicted molar refractivity (Wildman–Crippen MR) is 97.0 cm³/mol. The van der Waals surface area contributed by atoms with Gasteiger partial charge in [0.05, 0.1) is 18.8 Å². The molecule has 0 radical (unpaired) electrons. The van der Waals surface area contributed by atoms with Crippen LogP contribution >= 0.6 is 0 Å². The third-order valence-electron chi connectivity index (χ3n) is 8.55. The van der Waals surface area contributed by atoms with Crippen LogP contribution in [-0.2, 0) is 9.47 Å². The average molecular weight is 344 g/mol. The van der Waals surface area contributed by atoms with Crippen molar-refractivity contribution in [1.82, 2.24) is 0 Å². The van der Waals surface area contributed by atoms with Crippen LogP contribution in [0.4, 0.5) is 0 Å². The normalized spacial score (nSPS) is 45.2. The lowest BCUT2D eigenvalue weighted by atomic mass is 9.56. The van der Waals surface area contributed by atoms with Gasteiger partial charge in [-0.1, -0.05) is 25.5 Å². The van der Waals surface area contributed by atoms with E-state index >= 15 is 0 Å². The van der Waals surface area contributed by atoms with E-state index in [2.05, 4.69) is 19.9 Å². The zero-order chi connectivity index (χ0) is 17.3. The third kappa shape index (κ3) is 2.15. The number of rotatable bonds is 1. The molecule has 3 nitrogen and oxygen atoms in total. The Bertz CT molecular complexity index is 642. The highest BCUT2D eigenvalue weighted by molar-refractivity contribution is 5.45. The maximum atomic E-state index is 11.2. The van der Waals surface area contributed by atoms with E-state index in [4.69, 9.17) is 9.47 Å². The van der Waals surface area contributed by atoms with Crippen molar-refractivity contribution in [2.45, 2.75) is 83.0 Å². The highest BCUT2D eigenvalue weighted by atomic mass is 16.7. The number of hydrogen-bond donors (Lipinski definition) is 1. The van der Waals surface area contributed by atoms with Gasteiger partial charge in [-0.3, -0.25) is 0 Å². The molecule has 138 valence electrons. The fourth-order valence-electron chi connectivity index (χ4n) is 6.98. The van der Waals surface area contributed by atoms with Crippen LogP contribution < -0.4 is 0 Å². The molecule has 25 heavy (non-hydrogen) atoms. The topological polar surface area (TPSA) is 38.7 Å². The van der Waals surface area contributed by atoms with E-state index in [1.54, 1.807) is 16.7 Å². The summed E-state index contributed by atoms with van der Waals surface area (Å²) in [4.78, 5) is 0. The van der Waals surface area contributed by atoms with Crippen LogP contribution in [0.5, 0.6) is 0 Å². The molecule has 0 amide bonds. The predicted octanol–water partition coefficient (Wildman–Crippen LogP) is 4.51. The molecule has 1 saturated heterocycles.